The van der Waals surface area contributed by atoms with E-state index in [9.17, 15) is 0 Å². The van der Waals surface area contributed by atoms with Gasteiger partial charge in [0.1, 0.15) is 0 Å². The Hall–Kier alpha value is -3.73. The molecule has 3 N–H and O–H groups in total. The first-order valence-corrected chi connectivity index (χ1v) is 8.71. The van der Waals surface area contributed by atoms with Gasteiger partial charge in [-0.05, 0) is 28.8 Å². The molecule has 5 nitrogen and oxygen atoms in total. The van der Waals surface area contributed by atoms with E-state index in [0.29, 0.717) is 18.2 Å². The van der Waals surface area contributed by atoms with Crippen LogP contribution in [0.25, 0.3) is 22.4 Å². The van der Waals surface area contributed by atoms with Crippen LogP contribution in [-0.4, -0.2) is 15.0 Å². The van der Waals surface area contributed by atoms with Gasteiger partial charge in [0.05, 0.1) is 11.9 Å². The summed E-state index contributed by atoms with van der Waals surface area (Å²) >= 11 is 0. The molecule has 5 heteroatoms. The zero-order valence-corrected chi connectivity index (χ0v) is 14.7. The number of hydrogen-bond acceptors (Lipinski definition) is 5. The molecule has 0 aliphatic heterocycles. The zero-order valence-electron chi connectivity index (χ0n) is 14.7. The lowest BCUT2D eigenvalue weighted by Crippen LogP contribution is -2.07. The van der Waals surface area contributed by atoms with E-state index in [2.05, 4.69) is 44.5 Å². The quantitative estimate of drug-likeness (QED) is 0.556. The highest BCUT2D eigenvalue weighted by molar-refractivity contribution is 5.72. The molecule has 0 fully saturated rings. The lowest BCUT2D eigenvalue weighted by molar-refractivity contribution is 1.07. The monoisotopic (exact) mass is 353 g/mol. The summed E-state index contributed by atoms with van der Waals surface area (Å²) < 4.78 is 0. The van der Waals surface area contributed by atoms with Crippen molar-refractivity contribution < 1.29 is 0 Å². The minimum Gasteiger partial charge on any atom is -0.381 e. The second-order valence-corrected chi connectivity index (χ2v) is 6.15. The van der Waals surface area contributed by atoms with Crippen molar-refractivity contribution in [2.75, 3.05) is 11.1 Å². The van der Waals surface area contributed by atoms with Crippen LogP contribution in [0.2, 0.25) is 0 Å². The Morgan fingerprint density at radius 3 is 2.44 bits per heavy atom. The molecule has 0 aliphatic rings. The minimum absolute atomic E-state index is 0.377. The highest BCUT2D eigenvalue weighted by Crippen LogP contribution is 2.26. The van der Waals surface area contributed by atoms with Crippen molar-refractivity contribution >= 4 is 11.6 Å². The Morgan fingerprint density at radius 1 is 0.815 bits per heavy atom. The minimum atomic E-state index is 0.377. The molecule has 0 bridgehead atoms. The standard InChI is InChI=1S/C22H19N5/c23-21-22(26-14-16-6-5-11-24-13-16)27-20(15-25-21)19-10-4-9-18(12-19)17-7-2-1-3-8-17/h1-13,15H,14H2,(H2,23,25)(H,26,27). The molecule has 0 aliphatic carbocycles. The summed E-state index contributed by atoms with van der Waals surface area (Å²) in [6.07, 6.45) is 5.26. The summed E-state index contributed by atoms with van der Waals surface area (Å²) in [5.74, 6) is 0.948. The second-order valence-electron chi connectivity index (χ2n) is 6.15. The largest absolute Gasteiger partial charge is 0.381 e. The van der Waals surface area contributed by atoms with Crippen molar-refractivity contribution in [2.24, 2.45) is 0 Å². The summed E-state index contributed by atoms with van der Waals surface area (Å²) in [5.41, 5.74) is 11.1. The van der Waals surface area contributed by atoms with Crippen molar-refractivity contribution in [1.82, 2.24) is 15.0 Å². The molecule has 132 valence electrons. The van der Waals surface area contributed by atoms with Gasteiger partial charge in [0.15, 0.2) is 11.6 Å². The molecule has 0 amide bonds. The smallest absolute Gasteiger partial charge is 0.169 e. The molecule has 0 saturated heterocycles. The highest BCUT2D eigenvalue weighted by Gasteiger charge is 2.08. The molecule has 2 aromatic carbocycles. The van der Waals surface area contributed by atoms with Crippen molar-refractivity contribution in [3.8, 4) is 22.4 Å². The summed E-state index contributed by atoms with van der Waals surface area (Å²) in [4.78, 5) is 13.1. The second kappa shape index (κ2) is 7.66. The molecule has 2 heterocycles. The van der Waals surface area contributed by atoms with Crippen molar-refractivity contribution in [3.63, 3.8) is 0 Å². The van der Waals surface area contributed by atoms with Gasteiger partial charge in [-0.3, -0.25) is 4.98 Å². The van der Waals surface area contributed by atoms with Gasteiger partial charge in [-0.25, -0.2) is 9.97 Å². The maximum atomic E-state index is 6.00. The Bertz CT molecular complexity index is 1030. The lowest BCUT2D eigenvalue weighted by Gasteiger charge is -2.10. The van der Waals surface area contributed by atoms with Crippen LogP contribution in [0, 0.1) is 0 Å². The van der Waals surface area contributed by atoms with Crippen LogP contribution in [0.4, 0.5) is 11.6 Å². The van der Waals surface area contributed by atoms with Gasteiger partial charge in [-0.1, -0.05) is 54.6 Å². The normalized spacial score (nSPS) is 10.5. The molecule has 0 radical (unpaired) electrons. The summed E-state index contributed by atoms with van der Waals surface area (Å²) in [6, 6.07) is 22.4. The first kappa shape index (κ1) is 16.7. The molecular formula is C22H19N5. The molecule has 0 spiro atoms. The third-order valence-corrected chi connectivity index (χ3v) is 4.25. The Morgan fingerprint density at radius 2 is 1.63 bits per heavy atom. The van der Waals surface area contributed by atoms with Gasteiger partial charge in [0.2, 0.25) is 0 Å². The number of hydrogen-bond donors (Lipinski definition) is 2. The third-order valence-electron chi connectivity index (χ3n) is 4.25. The summed E-state index contributed by atoms with van der Waals surface area (Å²) in [7, 11) is 0. The van der Waals surface area contributed by atoms with Crippen LogP contribution in [0.15, 0.2) is 85.3 Å². The van der Waals surface area contributed by atoms with Gasteiger partial charge < -0.3 is 11.1 Å². The molecule has 27 heavy (non-hydrogen) atoms. The number of pyridine rings is 1. The molecule has 4 rings (SSSR count). The lowest BCUT2D eigenvalue weighted by atomic mass is 10.0. The van der Waals surface area contributed by atoms with E-state index >= 15 is 0 Å². The highest BCUT2D eigenvalue weighted by atomic mass is 15.1. The topological polar surface area (TPSA) is 76.7 Å². The Labute approximate surface area is 158 Å². The number of rotatable bonds is 5. The maximum absolute atomic E-state index is 6.00. The Kier molecular flexibility index (Phi) is 4.74. The van der Waals surface area contributed by atoms with E-state index in [-0.39, 0.29) is 0 Å². The molecule has 0 saturated carbocycles. The van der Waals surface area contributed by atoms with Crippen LogP contribution >= 0.6 is 0 Å². The molecule has 0 atom stereocenters. The number of nitrogens with one attached hydrogen (secondary N) is 1. The predicted octanol–water partition coefficient (Wildman–Crippen LogP) is 4.40. The number of nitrogens with two attached hydrogens (primary N) is 1. The SMILES string of the molecule is Nc1ncc(-c2cccc(-c3ccccc3)c2)nc1NCc1cccnc1. The number of aromatic nitrogens is 3. The molecule has 0 unspecified atom stereocenters. The average molecular weight is 353 g/mol. The number of nitrogen functional groups attached to an aromatic ring is 1. The van der Waals surface area contributed by atoms with E-state index in [1.54, 1.807) is 12.4 Å². The Balaban J connectivity index is 1.61. The predicted molar refractivity (Wildman–Crippen MR) is 109 cm³/mol. The first-order chi connectivity index (χ1) is 13.3. The van der Waals surface area contributed by atoms with Gasteiger partial charge >= 0.3 is 0 Å². The van der Waals surface area contributed by atoms with E-state index in [1.807, 2.05) is 48.7 Å². The number of anilines is 2. The summed E-state index contributed by atoms with van der Waals surface area (Å²) in [6.45, 7) is 0.584. The molecule has 4 aromatic rings. The van der Waals surface area contributed by atoms with Crippen LogP contribution in [0.1, 0.15) is 5.56 Å². The first-order valence-electron chi connectivity index (χ1n) is 8.71. The van der Waals surface area contributed by atoms with E-state index in [0.717, 1.165) is 27.9 Å². The van der Waals surface area contributed by atoms with Gasteiger partial charge in [-0.15, -0.1) is 0 Å². The zero-order chi connectivity index (χ0) is 18.5. The van der Waals surface area contributed by atoms with Crippen molar-refractivity contribution in [2.45, 2.75) is 6.54 Å². The van der Waals surface area contributed by atoms with Gasteiger partial charge in [0.25, 0.3) is 0 Å². The van der Waals surface area contributed by atoms with Crippen LogP contribution < -0.4 is 11.1 Å². The third kappa shape index (κ3) is 3.93. The van der Waals surface area contributed by atoms with Crippen LogP contribution in [0.3, 0.4) is 0 Å². The summed E-state index contributed by atoms with van der Waals surface area (Å²) in [5, 5.41) is 3.25. The van der Waals surface area contributed by atoms with Crippen molar-refractivity contribution in [3.05, 3.63) is 90.9 Å². The van der Waals surface area contributed by atoms with Crippen LogP contribution in [0.5, 0.6) is 0 Å². The average Bonchev–Trinajstić information content (AvgIpc) is 2.75. The maximum Gasteiger partial charge on any atom is 0.169 e. The van der Waals surface area contributed by atoms with E-state index in [1.165, 1.54) is 0 Å². The number of nitrogens with zero attached hydrogens (tertiary/aromatic N) is 3. The molecular weight excluding hydrogens is 334 g/mol. The van der Waals surface area contributed by atoms with E-state index in [4.69, 9.17) is 5.73 Å². The fourth-order valence-corrected chi connectivity index (χ4v) is 2.84. The number of benzene rings is 2. The van der Waals surface area contributed by atoms with Gasteiger partial charge in [0, 0.05) is 24.5 Å². The fraction of sp³-hybridized carbons (Fsp3) is 0.0455. The fourth-order valence-electron chi connectivity index (χ4n) is 2.84. The van der Waals surface area contributed by atoms with E-state index < -0.39 is 0 Å². The van der Waals surface area contributed by atoms with Gasteiger partial charge in [-0.2, -0.15) is 0 Å². The van der Waals surface area contributed by atoms with Crippen molar-refractivity contribution in [1.29, 1.82) is 0 Å². The molecule has 2 aromatic heterocycles. The van der Waals surface area contributed by atoms with Crippen LogP contribution in [-0.2, 0) is 6.54 Å².